The summed E-state index contributed by atoms with van der Waals surface area (Å²) in [6, 6.07) is 3.59. The molecule has 0 N–H and O–H groups in total. The van der Waals surface area contributed by atoms with Gasteiger partial charge in [0, 0.05) is 4.88 Å². The molecule has 1 heterocycles. The topological polar surface area (TPSA) is 51.2 Å². The Bertz CT molecular complexity index is 457. The van der Waals surface area contributed by atoms with Crippen molar-refractivity contribution in [1.82, 2.24) is 0 Å². The standard InChI is InChI=1S/C11H16O3S2/c1-3-7-16(13,14)8-10(12)11-6-5-9(4-2)15-11/h5-6H,3-4,7-8H2,1-2H3. The summed E-state index contributed by atoms with van der Waals surface area (Å²) in [6.07, 6.45) is 1.43. The van der Waals surface area contributed by atoms with E-state index in [9.17, 15) is 13.2 Å². The Hall–Kier alpha value is -0.680. The molecule has 1 aromatic rings. The van der Waals surface area contributed by atoms with Gasteiger partial charge in [0.1, 0.15) is 5.75 Å². The monoisotopic (exact) mass is 260 g/mol. The van der Waals surface area contributed by atoms with Crippen LogP contribution in [0.5, 0.6) is 0 Å². The second-order valence-electron chi connectivity index (χ2n) is 3.63. The van der Waals surface area contributed by atoms with Crippen LogP contribution < -0.4 is 0 Å². The molecule has 0 saturated heterocycles. The van der Waals surface area contributed by atoms with E-state index in [0.717, 1.165) is 11.3 Å². The van der Waals surface area contributed by atoms with Gasteiger partial charge in [0.2, 0.25) is 0 Å². The van der Waals surface area contributed by atoms with Gasteiger partial charge in [-0.25, -0.2) is 8.42 Å². The lowest BCUT2D eigenvalue weighted by Gasteiger charge is -1.99. The summed E-state index contributed by atoms with van der Waals surface area (Å²) in [4.78, 5) is 13.4. The highest BCUT2D eigenvalue weighted by Gasteiger charge is 2.18. The van der Waals surface area contributed by atoms with E-state index in [-0.39, 0.29) is 17.3 Å². The molecule has 5 heteroatoms. The van der Waals surface area contributed by atoms with Crippen molar-refractivity contribution in [2.24, 2.45) is 0 Å². The summed E-state index contributed by atoms with van der Waals surface area (Å²) in [5.74, 6) is -0.548. The molecule has 0 radical (unpaired) electrons. The number of rotatable bonds is 6. The first-order chi connectivity index (χ1) is 7.48. The molecule has 0 aromatic carbocycles. The fourth-order valence-corrected chi connectivity index (χ4v) is 3.67. The molecule has 0 bridgehead atoms. The van der Waals surface area contributed by atoms with Crippen molar-refractivity contribution in [2.45, 2.75) is 26.7 Å². The van der Waals surface area contributed by atoms with Crippen molar-refractivity contribution in [3.05, 3.63) is 21.9 Å². The Kier molecular flexibility index (Phi) is 4.68. The van der Waals surface area contributed by atoms with Gasteiger partial charge in [0.25, 0.3) is 0 Å². The SMILES string of the molecule is CCCS(=O)(=O)CC(=O)c1ccc(CC)s1. The van der Waals surface area contributed by atoms with E-state index in [0.29, 0.717) is 11.3 Å². The largest absolute Gasteiger partial charge is 0.292 e. The Balaban J connectivity index is 2.72. The normalized spacial score (nSPS) is 11.6. The summed E-state index contributed by atoms with van der Waals surface area (Å²) in [5.41, 5.74) is 0. The Labute approximate surface area is 100 Å². The lowest BCUT2D eigenvalue weighted by molar-refractivity contribution is 0.102. The minimum absolute atomic E-state index is 0.0880. The molecule has 0 amide bonds. The predicted molar refractivity (Wildman–Crippen MR) is 67.0 cm³/mol. The van der Waals surface area contributed by atoms with Crippen molar-refractivity contribution < 1.29 is 13.2 Å². The highest BCUT2D eigenvalue weighted by atomic mass is 32.2. The summed E-state index contributed by atoms with van der Waals surface area (Å²) in [6.45, 7) is 3.80. The van der Waals surface area contributed by atoms with Crippen molar-refractivity contribution in [3.63, 3.8) is 0 Å². The maximum Gasteiger partial charge on any atom is 0.187 e. The number of Topliss-reactive ketones (excluding diaryl/α,β-unsaturated/α-hetero) is 1. The maximum absolute atomic E-state index is 11.7. The number of aryl methyl sites for hydroxylation is 1. The second kappa shape index (κ2) is 5.59. The predicted octanol–water partition coefficient (Wildman–Crippen LogP) is 2.32. The zero-order valence-corrected chi connectivity index (χ0v) is 11.2. The van der Waals surface area contributed by atoms with Crippen LogP contribution in [-0.2, 0) is 16.3 Å². The van der Waals surface area contributed by atoms with Crippen LogP contribution in [0.2, 0.25) is 0 Å². The molecule has 3 nitrogen and oxygen atoms in total. The smallest absolute Gasteiger partial charge is 0.187 e. The highest BCUT2D eigenvalue weighted by molar-refractivity contribution is 7.92. The van der Waals surface area contributed by atoms with E-state index in [1.54, 1.807) is 13.0 Å². The third-order valence-corrected chi connectivity index (χ3v) is 5.15. The summed E-state index contributed by atoms with van der Waals surface area (Å²) in [7, 11) is -3.22. The first kappa shape index (κ1) is 13.4. The van der Waals surface area contributed by atoms with Gasteiger partial charge < -0.3 is 0 Å². The van der Waals surface area contributed by atoms with E-state index in [2.05, 4.69) is 0 Å². The highest BCUT2D eigenvalue weighted by Crippen LogP contribution is 2.18. The molecule has 0 aliphatic carbocycles. The number of thiophene rings is 1. The zero-order chi connectivity index (χ0) is 12.2. The molecular formula is C11H16O3S2. The summed E-state index contributed by atoms with van der Waals surface area (Å²) >= 11 is 1.39. The second-order valence-corrected chi connectivity index (χ2v) is 6.99. The number of hydrogen-bond donors (Lipinski definition) is 0. The summed E-state index contributed by atoms with van der Waals surface area (Å²) < 4.78 is 22.9. The van der Waals surface area contributed by atoms with Gasteiger partial charge in [-0.1, -0.05) is 13.8 Å². The van der Waals surface area contributed by atoms with Crippen LogP contribution in [-0.4, -0.2) is 25.7 Å². The molecule has 0 atom stereocenters. The Morgan fingerprint density at radius 1 is 1.31 bits per heavy atom. The van der Waals surface area contributed by atoms with Gasteiger partial charge >= 0.3 is 0 Å². The molecule has 16 heavy (non-hydrogen) atoms. The minimum Gasteiger partial charge on any atom is -0.292 e. The van der Waals surface area contributed by atoms with Crippen LogP contribution >= 0.6 is 11.3 Å². The van der Waals surface area contributed by atoms with Crippen molar-refractivity contribution in [3.8, 4) is 0 Å². The van der Waals surface area contributed by atoms with Crippen LogP contribution in [0.4, 0.5) is 0 Å². The Morgan fingerprint density at radius 2 is 2.00 bits per heavy atom. The molecule has 0 aliphatic rings. The fourth-order valence-electron chi connectivity index (χ4n) is 1.37. The van der Waals surface area contributed by atoms with E-state index in [1.807, 2.05) is 13.0 Å². The van der Waals surface area contributed by atoms with Gasteiger partial charge in [0.15, 0.2) is 15.6 Å². The lowest BCUT2D eigenvalue weighted by atomic mass is 10.3. The minimum atomic E-state index is -3.22. The van der Waals surface area contributed by atoms with E-state index in [4.69, 9.17) is 0 Å². The average molecular weight is 260 g/mol. The van der Waals surface area contributed by atoms with Crippen LogP contribution in [0.25, 0.3) is 0 Å². The molecule has 0 unspecified atom stereocenters. The first-order valence-corrected chi connectivity index (χ1v) is 7.94. The van der Waals surface area contributed by atoms with Gasteiger partial charge in [-0.2, -0.15) is 0 Å². The van der Waals surface area contributed by atoms with Crippen molar-refractivity contribution in [2.75, 3.05) is 11.5 Å². The number of carbonyl (C=O) groups is 1. The molecule has 90 valence electrons. The van der Waals surface area contributed by atoms with Gasteiger partial charge in [-0.3, -0.25) is 4.79 Å². The van der Waals surface area contributed by atoms with Crippen LogP contribution in [0.1, 0.15) is 34.8 Å². The quantitative estimate of drug-likeness (QED) is 0.738. The van der Waals surface area contributed by atoms with Crippen LogP contribution in [0.15, 0.2) is 12.1 Å². The number of hydrogen-bond acceptors (Lipinski definition) is 4. The lowest BCUT2D eigenvalue weighted by Crippen LogP contribution is -2.17. The molecular weight excluding hydrogens is 244 g/mol. The molecule has 0 aliphatic heterocycles. The number of carbonyl (C=O) groups excluding carboxylic acids is 1. The molecule has 1 rings (SSSR count). The number of sulfone groups is 1. The fraction of sp³-hybridized carbons (Fsp3) is 0.545. The molecule has 0 fully saturated rings. The van der Waals surface area contributed by atoms with Gasteiger partial charge in [-0.15, -0.1) is 11.3 Å². The van der Waals surface area contributed by atoms with E-state index < -0.39 is 9.84 Å². The van der Waals surface area contributed by atoms with E-state index >= 15 is 0 Å². The molecule has 1 aromatic heterocycles. The van der Waals surface area contributed by atoms with E-state index in [1.165, 1.54) is 11.3 Å². The van der Waals surface area contributed by atoms with Gasteiger partial charge in [0.05, 0.1) is 10.6 Å². The third-order valence-electron chi connectivity index (χ3n) is 2.15. The van der Waals surface area contributed by atoms with Crippen molar-refractivity contribution >= 4 is 27.0 Å². The van der Waals surface area contributed by atoms with Gasteiger partial charge in [-0.05, 0) is 25.0 Å². The van der Waals surface area contributed by atoms with Crippen LogP contribution in [0.3, 0.4) is 0 Å². The number of ketones is 1. The Morgan fingerprint density at radius 3 is 2.50 bits per heavy atom. The molecule has 0 saturated carbocycles. The summed E-state index contributed by atoms with van der Waals surface area (Å²) in [5, 5.41) is 0. The average Bonchev–Trinajstić information content (AvgIpc) is 2.64. The molecule has 0 spiro atoms. The zero-order valence-electron chi connectivity index (χ0n) is 9.52. The van der Waals surface area contributed by atoms with Crippen molar-refractivity contribution in [1.29, 1.82) is 0 Å². The third kappa shape index (κ3) is 3.72. The maximum atomic E-state index is 11.7. The first-order valence-electron chi connectivity index (χ1n) is 5.31. The van der Waals surface area contributed by atoms with Crippen LogP contribution in [0, 0.1) is 0 Å².